The molecule has 0 aromatic heterocycles. The summed E-state index contributed by atoms with van der Waals surface area (Å²) in [6.07, 6.45) is 0.436. The zero-order valence-corrected chi connectivity index (χ0v) is 14.1. The molecule has 0 atom stereocenters. The molecule has 2 aliphatic heterocycles. The van der Waals surface area contributed by atoms with Crippen LogP contribution in [-0.2, 0) is 17.8 Å². The minimum Gasteiger partial charge on any atom is -0.326 e. The van der Waals surface area contributed by atoms with Crippen LogP contribution in [0.2, 0.25) is 0 Å². The lowest BCUT2D eigenvalue weighted by Gasteiger charge is -2.15. The van der Waals surface area contributed by atoms with Crippen LogP contribution >= 0.6 is 11.8 Å². The molecule has 0 aliphatic carbocycles. The van der Waals surface area contributed by atoms with E-state index in [1.54, 1.807) is 17.8 Å². The number of benzene rings is 2. The monoisotopic (exact) mass is 354 g/mol. The van der Waals surface area contributed by atoms with Gasteiger partial charge in [0.2, 0.25) is 5.91 Å². The summed E-state index contributed by atoms with van der Waals surface area (Å²) in [5.74, 6) is 0.449. The van der Waals surface area contributed by atoms with Crippen molar-refractivity contribution >= 4 is 34.2 Å². The molecule has 0 spiro atoms. The molecule has 126 valence electrons. The third-order valence-electron chi connectivity index (χ3n) is 3.99. The first-order valence-electron chi connectivity index (χ1n) is 7.85. The zero-order chi connectivity index (χ0) is 17.2. The molecule has 2 aromatic rings. The molecular weight excluding hydrogens is 339 g/mol. The van der Waals surface area contributed by atoms with Gasteiger partial charge in [-0.15, -0.1) is 0 Å². The summed E-state index contributed by atoms with van der Waals surface area (Å²) in [7, 11) is 0. The lowest BCUT2D eigenvalue weighted by molar-refractivity contribution is -0.115. The molecule has 1 amide bonds. The van der Waals surface area contributed by atoms with E-state index >= 15 is 0 Å². The van der Waals surface area contributed by atoms with Gasteiger partial charge in [0.05, 0.1) is 18.7 Å². The number of amidine groups is 1. The Hall–Kier alpha value is -2.67. The van der Waals surface area contributed by atoms with Gasteiger partial charge in [-0.2, -0.15) is 5.10 Å². The van der Waals surface area contributed by atoms with E-state index in [2.05, 4.69) is 20.8 Å². The molecule has 2 heterocycles. The zero-order valence-electron chi connectivity index (χ0n) is 13.3. The maximum atomic E-state index is 13.2. The highest BCUT2D eigenvalue weighted by atomic mass is 32.2. The number of carbonyl (C=O) groups excluding carboxylic acids is 1. The summed E-state index contributed by atoms with van der Waals surface area (Å²) in [4.78, 5) is 15.9. The Morgan fingerprint density at radius 1 is 1.24 bits per heavy atom. The second-order valence-electron chi connectivity index (χ2n) is 5.81. The van der Waals surface area contributed by atoms with Crippen LogP contribution in [-0.4, -0.2) is 22.5 Å². The second-order valence-corrected chi connectivity index (χ2v) is 6.77. The lowest BCUT2D eigenvalue weighted by Crippen LogP contribution is -2.25. The average molecular weight is 354 g/mol. The number of hydrogen-bond donors (Lipinski definition) is 2. The molecule has 0 fully saturated rings. The highest BCUT2D eigenvalue weighted by Gasteiger charge is 2.20. The molecule has 2 N–H and O–H groups in total. The van der Waals surface area contributed by atoms with E-state index in [4.69, 9.17) is 0 Å². The molecule has 0 bridgehead atoms. The smallest absolute Gasteiger partial charge is 0.228 e. The number of fused-ring (bicyclic) bond motifs is 1. The van der Waals surface area contributed by atoms with Gasteiger partial charge in [-0.3, -0.25) is 15.2 Å². The van der Waals surface area contributed by atoms with E-state index in [0.717, 1.165) is 28.1 Å². The van der Waals surface area contributed by atoms with Gasteiger partial charge in [-0.05, 0) is 29.3 Å². The van der Waals surface area contributed by atoms with Crippen LogP contribution < -0.4 is 10.7 Å². The number of nitrogens with one attached hydrogen (secondary N) is 2. The number of nitrogens with zero attached hydrogens (tertiary/aromatic N) is 2. The Kier molecular flexibility index (Phi) is 4.23. The van der Waals surface area contributed by atoms with Crippen LogP contribution in [0.1, 0.15) is 16.7 Å². The number of anilines is 1. The number of halogens is 1. The summed E-state index contributed by atoms with van der Waals surface area (Å²) in [5, 5.41) is 7.95. The van der Waals surface area contributed by atoms with Gasteiger partial charge in [0.25, 0.3) is 0 Å². The number of rotatable bonds is 3. The largest absolute Gasteiger partial charge is 0.326 e. The first-order valence-corrected chi connectivity index (χ1v) is 8.83. The quantitative estimate of drug-likeness (QED) is 0.891. The number of amides is 1. The van der Waals surface area contributed by atoms with Gasteiger partial charge in [0, 0.05) is 17.0 Å². The second kappa shape index (κ2) is 6.68. The Morgan fingerprint density at radius 2 is 2.16 bits per heavy atom. The highest BCUT2D eigenvalue weighted by molar-refractivity contribution is 8.14. The Morgan fingerprint density at radius 3 is 2.96 bits per heavy atom. The van der Waals surface area contributed by atoms with E-state index in [9.17, 15) is 9.18 Å². The van der Waals surface area contributed by atoms with Crippen molar-refractivity contribution in [2.45, 2.75) is 13.0 Å². The van der Waals surface area contributed by atoms with Crippen LogP contribution in [0.3, 0.4) is 0 Å². The number of hydrazone groups is 1. The molecule has 7 heteroatoms. The van der Waals surface area contributed by atoms with Crippen molar-refractivity contribution in [3.8, 4) is 0 Å². The van der Waals surface area contributed by atoms with Gasteiger partial charge >= 0.3 is 0 Å². The van der Waals surface area contributed by atoms with Crippen molar-refractivity contribution < 1.29 is 9.18 Å². The lowest BCUT2D eigenvalue weighted by atomic mass is 10.1. The van der Waals surface area contributed by atoms with Crippen molar-refractivity contribution in [3.05, 3.63) is 65.0 Å². The van der Waals surface area contributed by atoms with E-state index in [1.807, 2.05) is 24.3 Å². The van der Waals surface area contributed by atoms with Crippen molar-refractivity contribution in [1.82, 2.24) is 5.43 Å². The Labute approximate surface area is 148 Å². The van der Waals surface area contributed by atoms with Gasteiger partial charge in [0.15, 0.2) is 5.17 Å². The standard InChI is InChI=1S/C18H15FN4OS/c19-14-3-1-2-11(6-14)9-20-18-23-22-16(10-25-18)12-4-5-13-8-17(24)21-15(13)7-12/h1-7H,8-10H2,(H,20,23)(H,21,24). The van der Waals surface area contributed by atoms with Crippen molar-refractivity contribution in [2.24, 2.45) is 10.1 Å². The van der Waals surface area contributed by atoms with Crippen LogP contribution in [0.4, 0.5) is 10.1 Å². The molecule has 2 aliphatic rings. The number of aliphatic imine (C=N–C) groups is 1. The molecule has 25 heavy (non-hydrogen) atoms. The van der Waals surface area contributed by atoms with Crippen molar-refractivity contribution in [1.29, 1.82) is 0 Å². The van der Waals surface area contributed by atoms with Gasteiger partial charge in [-0.25, -0.2) is 4.39 Å². The van der Waals surface area contributed by atoms with E-state index < -0.39 is 0 Å². The molecule has 5 nitrogen and oxygen atoms in total. The van der Waals surface area contributed by atoms with Crippen LogP contribution in [0.15, 0.2) is 52.6 Å². The minimum absolute atomic E-state index is 0.0250. The maximum Gasteiger partial charge on any atom is 0.228 e. The number of carbonyl (C=O) groups is 1. The molecule has 2 aromatic carbocycles. The van der Waals surface area contributed by atoms with Gasteiger partial charge in [-0.1, -0.05) is 36.0 Å². The fraction of sp³-hybridized carbons (Fsp3) is 0.167. The fourth-order valence-corrected chi connectivity index (χ4v) is 3.51. The number of thioether (sulfide) groups is 1. The van der Waals surface area contributed by atoms with Gasteiger partial charge < -0.3 is 5.32 Å². The van der Waals surface area contributed by atoms with Crippen LogP contribution in [0.25, 0.3) is 0 Å². The predicted molar refractivity (Wildman–Crippen MR) is 98.4 cm³/mol. The fourth-order valence-electron chi connectivity index (χ4n) is 2.74. The summed E-state index contributed by atoms with van der Waals surface area (Å²) in [6.45, 7) is 0.406. The Balaban J connectivity index is 1.45. The summed E-state index contributed by atoms with van der Waals surface area (Å²) >= 11 is 1.55. The third kappa shape index (κ3) is 3.56. The average Bonchev–Trinajstić information content (AvgIpc) is 2.99. The molecule has 0 saturated carbocycles. The number of hydrogen-bond acceptors (Lipinski definition) is 4. The third-order valence-corrected chi connectivity index (χ3v) is 4.91. The van der Waals surface area contributed by atoms with Gasteiger partial charge in [0.1, 0.15) is 5.82 Å². The molecule has 0 radical (unpaired) electrons. The van der Waals surface area contributed by atoms with Crippen molar-refractivity contribution in [2.75, 3.05) is 11.1 Å². The van der Waals surface area contributed by atoms with Crippen LogP contribution in [0.5, 0.6) is 0 Å². The first kappa shape index (κ1) is 15.8. The predicted octanol–water partition coefficient (Wildman–Crippen LogP) is 2.92. The topological polar surface area (TPSA) is 65.8 Å². The van der Waals surface area contributed by atoms with E-state index in [-0.39, 0.29) is 11.7 Å². The Bertz CT molecular complexity index is 910. The molecule has 0 saturated heterocycles. The maximum absolute atomic E-state index is 13.2. The molecule has 0 unspecified atom stereocenters. The summed E-state index contributed by atoms with van der Waals surface area (Å²) in [6, 6.07) is 12.3. The molecule has 4 rings (SSSR count). The molecular formula is C18H15FN4OS. The van der Waals surface area contributed by atoms with Crippen molar-refractivity contribution in [3.63, 3.8) is 0 Å². The van der Waals surface area contributed by atoms with E-state index in [0.29, 0.717) is 23.9 Å². The normalized spacial score (nSPS) is 17.7. The first-order chi connectivity index (χ1) is 12.2. The SMILES string of the molecule is O=C1Cc2ccc(C3=NNC(=NCc4cccc(F)c4)SC3)cc2N1. The van der Waals surface area contributed by atoms with Crippen LogP contribution in [0, 0.1) is 5.82 Å². The highest BCUT2D eigenvalue weighted by Crippen LogP contribution is 2.25. The summed E-state index contributed by atoms with van der Waals surface area (Å²) < 4.78 is 13.2. The summed E-state index contributed by atoms with van der Waals surface area (Å²) in [5.41, 5.74) is 7.52. The van der Waals surface area contributed by atoms with E-state index in [1.165, 1.54) is 12.1 Å². The minimum atomic E-state index is -0.258.